The van der Waals surface area contributed by atoms with Gasteiger partial charge in [-0.25, -0.2) is 4.99 Å². The van der Waals surface area contributed by atoms with Crippen molar-refractivity contribution in [3.05, 3.63) is 53.9 Å². The number of amides is 1. The monoisotopic (exact) mass is 558 g/mol. The fourth-order valence-corrected chi connectivity index (χ4v) is 5.99. The summed E-state index contributed by atoms with van der Waals surface area (Å²) in [6.07, 6.45) is 12.4. The Kier molecular flexibility index (Phi) is 7.96. The number of aryl methyl sites for hydroxylation is 1. The van der Waals surface area contributed by atoms with Gasteiger partial charge in [-0.1, -0.05) is 6.08 Å². The Hall–Kier alpha value is -3.85. The Labute approximate surface area is 240 Å². The molecule has 1 amide bonds. The van der Waals surface area contributed by atoms with Crippen LogP contribution in [-0.4, -0.2) is 73.1 Å². The minimum Gasteiger partial charge on any atom is -0.493 e. The average molecular weight is 559 g/mol. The summed E-state index contributed by atoms with van der Waals surface area (Å²) in [4.78, 5) is 27.3. The van der Waals surface area contributed by atoms with E-state index >= 15 is 0 Å². The number of piperidine rings is 1. The zero-order valence-electron chi connectivity index (χ0n) is 23.9. The highest BCUT2D eigenvalue weighted by atomic mass is 16.5. The zero-order chi connectivity index (χ0) is 28.2. The van der Waals surface area contributed by atoms with Crippen LogP contribution in [0.5, 0.6) is 17.2 Å². The third-order valence-corrected chi connectivity index (χ3v) is 8.43. The van der Waals surface area contributed by atoms with Gasteiger partial charge in [0.05, 0.1) is 32.1 Å². The van der Waals surface area contributed by atoms with Gasteiger partial charge < -0.3 is 28.8 Å². The Morgan fingerprint density at radius 2 is 2.05 bits per heavy atom. The minimum absolute atomic E-state index is 0.200. The summed E-state index contributed by atoms with van der Waals surface area (Å²) in [7, 11) is 1.62. The normalized spacial score (nSPS) is 20.4. The summed E-state index contributed by atoms with van der Waals surface area (Å²) in [5.74, 6) is 2.94. The van der Waals surface area contributed by atoms with Crippen LogP contribution in [0.4, 0.5) is 5.82 Å². The Morgan fingerprint density at radius 1 is 1.17 bits per heavy atom. The van der Waals surface area contributed by atoms with Gasteiger partial charge in [-0.3, -0.25) is 9.78 Å². The molecular weight excluding hydrogens is 520 g/mol. The van der Waals surface area contributed by atoms with Crippen molar-refractivity contribution in [1.29, 1.82) is 0 Å². The molecule has 41 heavy (non-hydrogen) atoms. The van der Waals surface area contributed by atoms with E-state index < -0.39 is 0 Å². The average Bonchev–Trinajstić information content (AvgIpc) is 3.57. The van der Waals surface area contributed by atoms with Crippen LogP contribution in [0.15, 0.2) is 47.6 Å². The number of H-pyrrole nitrogens is 1. The number of nitrogens with zero attached hydrogens (tertiary/aromatic N) is 3. The van der Waals surface area contributed by atoms with Crippen LogP contribution in [0.25, 0.3) is 10.9 Å². The third-order valence-electron chi connectivity index (χ3n) is 8.43. The molecule has 1 spiro atoms. The molecule has 0 bridgehead atoms. The molecule has 1 atom stereocenters. The van der Waals surface area contributed by atoms with Gasteiger partial charge in [0.2, 0.25) is 5.91 Å². The number of allylic oxidation sites excluding steroid dienone is 1. The van der Waals surface area contributed by atoms with Crippen LogP contribution >= 0.6 is 0 Å². The lowest BCUT2D eigenvalue weighted by Crippen LogP contribution is -2.43. The van der Waals surface area contributed by atoms with Crippen LogP contribution in [0.2, 0.25) is 0 Å². The number of carbonyl (C=O) groups excluding carboxylic acids is 1. The number of hydrogen-bond donors (Lipinski definition) is 1. The van der Waals surface area contributed by atoms with E-state index in [-0.39, 0.29) is 12.0 Å². The van der Waals surface area contributed by atoms with Gasteiger partial charge in [0.1, 0.15) is 11.6 Å². The standard InChI is InChI=1S/C32H38N4O5/c1-22-17-23-5-3-6-24(20-34-31(23)35-22)41-27-8-12-33-26-19-29(28(38-2)18-25(26)27)40-15-4-7-30(37)36-13-9-32(10-14-36)11-16-39-21-32/h3,6,8,12,17-20,24,35H,4-5,7,9-11,13-16,21H2,1-2H3/b6-3?,34-20-. The van der Waals surface area contributed by atoms with Gasteiger partial charge in [-0.05, 0) is 68.7 Å². The molecule has 9 heteroatoms. The molecule has 9 nitrogen and oxygen atoms in total. The predicted molar refractivity (Wildman–Crippen MR) is 158 cm³/mol. The second-order valence-corrected chi connectivity index (χ2v) is 11.3. The fraction of sp³-hybridized carbons (Fsp3) is 0.469. The Balaban J connectivity index is 1.07. The highest BCUT2D eigenvalue weighted by molar-refractivity contribution is 5.88. The van der Waals surface area contributed by atoms with Crippen LogP contribution in [0.3, 0.4) is 0 Å². The maximum Gasteiger partial charge on any atom is 0.222 e. The fourth-order valence-electron chi connectivity index (χ4n) is 5.99. The van der Waals surface area contributed by atoms with Crippen molar-refractivity contribution in [3.63, 3.8) is 0 Å². The van der Waals surface area contributed by atoms with Crippen molar-refractivity contribution in [2.75, 3.05) is 40.0 Å². The van der Waals surface area contributed by atoms with Crippen LogP contribution in [0, 0.1) is 12.3 Å². The lowest BCUT2D eigenvalue weighted by molar-refractivity contribution is -0.133. The van der Waals surface area contributed by atoms with E-state index in [9.17, 15) is 4.79 Å². The van der Waals surface area contributed by atoms with Gasteiger partial charge >= 0.3 is 0 Å². The molecular formula is C32H38N4O5. The first-order chi connectivity index (χ1) is 20.0. The molecule has 1 aromatic carbocycles. The molecule has 1 unspecified atom stereocenters. The zero-order valence-corrected chi connectivity index (χ0v) is 23.9. The molecule has 6 rings (SSSR count). The summed E-state index contributed by atoms with van der Waals surface area (Å²) in [5, 5.41) is 0.822. The maximum atomic E-state index is 12.8. The SMILES string of the molecule is COc1cc2c(OC3C=CCc4cc(C)[nH]c4/N=C\3)ccnc2cc1OCCCC(=O)N1CCC2(CCOC2)CC1. The molecule has 1 N–H and O–H groups in total. The summed E-state index contributed by atoms with van der Waals surface area (Å²) in [6.45, 7) is 5.80. The van der Waals surface area contributed by atoms with E-state index in [1.807, 2.05) is 36.1 Å². The topological polar surface area (TPSA) is 98.3 Å². The maximum absolute atomic E-state index is 12.8. The molecule has 2 saturated heterocycles. The number of rotatable bonds is 8. The lowest BCUT2D eigenvalue weighted by atomic mass is 9.78. The summed E-state index contributed by atoms with van der Waals surface area (Å²) < 4.78 is 23.7. The number of benzene rings is 1. The first-order valence-electron chi connectivity index (χ1n) is 14.5. The minimum atomic E-state index is -0.325. The molecule has 5 heterocycles. The van der Waals surface area contributed by atoms with Gasteiger partial charge in [0, 0.05) is 55.0 Å². The first kappa shape index (κ1) is 27.3. The number of fused-ring (bicyclic) bond motifs is 2. The van der Waals surface area contributed by atoms with Crippen LogP contribution in [-0.2, 0) is 16.0 Å². The number of aromatic amines is 1. The van der Waals surface area contributed by atoms with Crippen LogP contribution < -0.4 is 14.2 Å². The third kappa shape index (κ3) is 6.10. The van der Waals surface area contributed by atoms with Gasteiger partial charge in [0.25, 0.3) is 0 Å². The van der Waals surface area contributed by atoms with Crippen molar-refractivity contribution >= 4 is 28.8 Å². The molecule has 3 aliphatic rings. The van der Waals surface area contributed by atoms with Crippen molar-refractivity contribution in [3.8, 4) is 17.2 Å². The number of nitrogens with one attached hydrogen (secondary N) is 1. The van der Waals surface area contributed by atoms with E-state index in [0.717, 1.165) is 74.4 Å². The molecule has 0 aliphatic carbocycles. The van der Waals surface area contributed by atoms with E-state index in [1.165, 1.54) is 5.56 Å². The number of likely N-dealkylation sites (tertiary alicyclic amines) is 1. The second-order valence-electron chi connectivity index (χ2n) is 11.3. The van der Waals surface area contributed by atoms with Crippen molar-refractivity contribution in [2.45, 2.75) is 51.6 Å². The molecule has 0 radical (unpaired) electrons. The lowest BCUT2D eigenvalue weighted by Gasteiger charge is -2.38. The van der Waals surface area contributed by atoms with E-state index in [0.29, 0.717) is 42.1 Å². The highest BCUT2D eigenvalue weighted by Gasteiger charge is 2.38. The number of methoxy groups -OCH3 is 1. The van der Waals surface area contributed by atoms with Crippen molar-refractivity contribution < 1.29 is 23.7 Å². The van der Waals surface area contributed by atoms with Gasteiger partial charge in [-0.15, -0.1) is 0 Å². The van der Waals surface area contributed by atoms with Crippen molar-refractivity contribution in [2.24, 2.45) is 10.4 Å². The predicted octanol–water partition coefficient (Wildman–Crippen LogP) is 5.33. The molecule has 2 fully saturated rings. The largest absolute Gasteiger partial charge is 0.493 e. The Bertz CT molecular complexity index is 1450. The van der Waals surface area contributed by atoms with Gasteiger partial charge in [-0.2, -0.15) is 0 Å². The summed E-state index contributed by atoms with van der Waals surface area (Å²) in [5.41, 5.74) is 3.30. The summed E-state index contributed by atoms with van der Waals surface area (Å²) >= 11 is 0. The number of aliphatic imine (C=N–C) groups is 1. The number of hydrogen-bond acceptors (Lipinski definition) is 7. The van der Waals surface area contributed by atoms with E-state index in [2.05, 4.69) is 27.1 Å². The number of carbonyl (C=O) groups is 1. The smallest absolute Gasteiger partial charge is 0.222 e. The number of aromatic nitrogens is 2. The quantitative estimate of drug-likeness (QED) is 0.296. The van der Waals surface area contributed by atoms with E-state index in [4.69, 9.17) is 18.9 Å². The highest BCUT2D eigenvalue weighted by Crippen LogP contribution is 2.39. The molecule has 3 aromatic rings. The Morgan fingerprint density at radius 3 is 2.85 bits per heavy atom. The van der Waals surface area contributed by atoms with E-state index in [1.54, 1.807) is 19.5 Å². The molecule has 2 aromatic heterocycles. The van der Waals surface area contributed by atoms with Gasteiger partial charge in [0.15, 0.2) is 17.6 Å². The molecule has 3 aliphatic heterocycles. The second kappa shape index (κ2) is 11.9. The van der Waals surface area contributed by atoms with Crippen LogP contribution in [0.1, 0.15) is 43.4 Å². The number of pyridine rings is 1. The summed E-state index contributed by atoms with van der Waals surface area (Å²) in [6, 6.07) is 7.73. The van der Waals surface area contributed by atoms with Crippen molar-refractivity contribution in [1.82, 2.24) is 14.9 Å². The molecule has 0 saturated carbocycles. The molecule has 216 valence electrons. The first-order valence-corrected chi connectivity index (χ1v) is 14.5. The number of ether oxygens (including phenoxy) is 4.